The van der Waals surface area contributed by atoms with E-state index < -0.39 is 0 Å². The van der Waals surface area contributed by atoms with Crippen LogP contribution in [0.25, 0.3) is 0 Å². The van der Waals surface area contributed by atoms with Gasteiger partial charge in [-0.1, -0.05) is 13.3 Å². The quantitative estimate of drug-likeness (QED) is 0.621. The van der Waals surface area contributed by atoms with Crippen LogP contribution in [0.1, 0.15) is 39.5 Å². The number of nitrogens with one attached hydrogen (secondary N) is 2. The van der Waals surface area contributed by atoms with Crippen molar-refractivity contribution < 1.29 is 9.90 Å². The molecular weight excluding hydrogens is 216 g/mol. The number of carbonyl (C=O) groups excluding carboxylic acids is 1. The molecule has 0 spiro atoms. The molecule has 1 aliphatic heterocycles. The Morgan fingerprint density at radius 1 is 1.53 bits per heavy atom. The Morgan fingerprint density at radius 2 is 2.29 bits per heavy atom. The SMILES string of the molecule is CCCC(CCO)CNC(=O)C1CCNC1C. The van der Waals surface area contributed by atoms with E-state index in [0.717, 1.165) is 32.2 Å². The molecule has 0 aromatic carbocycles. The maximum absolute atomic E-state index is 12.0. The van der Waals surface area contributed by atoms with E-state index in [4.69, 9.17) is 5.11 Å². The Balaban J connectivity index is 2.29. The lowest BCUT2D eigenvalue weighted by atomic mass is 9.98. The lowest BCUT2D eigenvalue weighted by molar-refractivity contribution is -0.125. The van der Waals surface area contributed by atoms with Crippen LogP contribution in [0.5, 0.6) is 0 Å². The van der Waals surface area contributed by atoms with Crippen molar-refractivity contribution in [3.8, 4) is 0 Å². The van der Waals surface area contributed by atoms with Gasteiger partial charge in [-0.25, -0.2) is 0 Å². The van der Waals surface area contributed by atoms with Gasteiger partial charge in [0.1, 0.15) is 0 Å². The van der Waals surface area contributed by atoms with Crippen molar-refractivity contribution in [2.24, 2.45) is 11.8 Å². The fourth-order valence-electron chi connectivity index (χ4n) is 2.53. The summed E-state index contributed by atoms with van der Waals surface area (Å²) < 4.78 is 0. The van der Waals surface area contributed by atoms with Gasteiger partial charge in [-0.2, -0.15) is 0 Å². The highest BCUT2D eigenvalue weighted by Crippen LogP contribution is 2.16. The molecule has 0 radical (unpaired) electrons. The molecule has 17 heavy (non-hydrogen) atoms. The maximum atomic E-state index is 12.0. The third-order valence-corrected chi connectivity index (χ3v) is 3.66. The molecule has 100 valence electrons. The fourth-order valence-corrected chi connectivity index (χ4v) is 2.53. The maximum Gasteiger partial charge on any atom is 0.224 e. The van der Waals surface area contributed by atoms with Crippen LogP contribution >= 0.6 is 0 Å². The number of aliphatic hydroxyl groups is 1. The van der Waals surface area contributed by atoms with E-state index >= 15 is 0 Å². The zero-order chi connectivity index (χ0) is 12.7. The normalized spacial score (nSPS) is 25.8. The molecule has 4 heteroatoms. The molecular formula is C13H26N2O2. The molecule has 3 N–H and O–H groups in total. The molecule has 1 amide bonds. The summed E-state index contributed by atoms with van der Waals surface area (Å²) in [6.45, 7) is 6.05. The molecule has 1 aliphatic rings. The lowest BCUT2D eigenvalue weighted by Gasteiger charge is -2.19. The minimum atomic E-state index is 0.117. The van der Waals surface area contributed by atoms with Gasteiger partial charge in [0.05, 0.1) is 5.92 Å². The highest BCUT2D eigenvalue weighted by molar-refractivity contribution is 5.79. The topological polar surface area (TPSA) is 61.4 Å². The summed E-state index contributed by atoms with van der Waals surface area (Å²) in [6, 6.07) is 0.289. The molecule has 1 heterocycles. The highest BCUT2D eigenvalue weighted by atomic mass is 16.3. The summed E-state index contributed by atoms with van der Waals surface area (Å²) >= 11 is 0. The molecule has 0 bridgehead atoms. The predicted molar refractivity (Wildman–Crippen MR) is 68.7 cm³/mol. The summed E-state index contributed by atoms with van der Waals surface area (Å²) in [7, 11) is 0. The first-order valence-corrected chi connectivity index (χ1v) is 6.81. The number of hydrogen-bond donors (Lipinski definition) is 3. The summed E-state index contributed by atoms with van der Waals surface area (Å²) in [4.78, 5) is 12.0. The number of rotatable bonds is 7. The summed E-state index contributed by atoms with van der Waals surface area (Å²) in [5.41, 5.74) is 0. The molecule has 3 atom stereocenters. The number of carbonyl (C=O) groups is 1. The Bertz CT molecular complexity index is 227. The minimum absolute atomic E-state index is 0.117. The molecule has 0 aromatic heterocycles. The first-order valence-electron chi connectivity index (χ1n) is 6.81. The first-order chi connectivity index (χ1) is 8.19. The highest BCUT2D eigenvalue weighted by Gasteiger charge is 2.29. The number of amides is 1. The van der Waals surface area contributed by atoms with Crippen LogP contribution in [-0.2, 0) is 4.79 Å². The van der Waals surface area contributed by atoms with E-state index in [1.54, 1.807) is 0 Å². The molecule has 0 saturated carbocycles. The van der Waals surface area contributed by atoms with E-state index in [2.05, 4.69) is 24.5 Å². The first kappa shape index (κ1) is 14.5. The molecule has 0 aliphatic carbocycles. The van der Waals surface area contributed by atoms with E-state index in [-0.39, 0.29) is 24.5 Å². The van der Waals surface area contributed by atoms with E-state index in [9.17, 15) is 4.79 Å². The van der Waals surface area contributed by atoms with Crippen molar-refractivity contribution in [2.45, 2.75) is 45.6 Å². The zero-order valence-corrected chi connectivity index (χ0v) is 11.0. The Hall–Kier alpha value is -0.610. The minimum Gasteiger partial charge on any atom is -0.396 e. The van der Waals surface area contributed by atoms with E-state index in [1.807, 2.05) is 0 Å². The summed E-state index contributed by atoms with van der Waals surface area (Å²) in [5.74, 6) is 0.701. The van der Waals surface area contributed by atoms with Gasteiger partial charge in [0.2, 0.25) is 5.91 Å². The third-order valence-electron chi connectivity index (χ3n) is 3.66. The molecule has 3 unspecified atom stereocenters. The molecule has 0 aromatic rings. The van der Waals surface area contributed by atoms with Crippen LogP contribution in [0.3, 0.4) is 0 Å². The van der Waals surface area contributed by atoms with Crippen LogP contribution in [-0.4, -0.2) is 36.8 Å². The second-order valence-corrected chi connectivity index (χ2v) is 5.05. The van der Waals surface area contributed by atoms with Crippen molar-refractivity contribution in [1.29, 1.82) is 0 Å². The average molecular weight is 242 g/mol. The van der Waals surface area contributed by atoms with Crippen molar-refractivity contribution in [2.75, 3.05) is 19.7 Å². The Labute approximate surface area is 104 Å². The van der Waals surface area contributed by atoms with Gasteiger partial charge in [-0.15, -0.1) is 0 Å². The Morgan fingerprint density at radius 3 is 2.82 bits per heavy atom. The number of hydrogen-bond acceptors (Lipinski definition) is 3. The molecule has 1 fully saturated rings. The van der Waals surface area contributed by atoms with Gasteiger partial charge >= 0.3 is 0 Å². The smallest absolute Gasteiger partial charge is 0.224 e. The van der Waals surface area contributed by atoms with Crippen LogP contribution in [0, 0.1) is 11.8 Å². The van der Waals surface area contributed by atoms with Crippen molar-refractivity contribution in [1.82, 2.24) is 10.6 Å². The van der Waals surface area contributed by atoms with Gasteiger partial charge in [0.25, 0.3) is 0 Å². The van der Waals surface area contributed by atoms with E-state index in [0.29, 0.717) is 12.5 Å². The van der Waals surface area contributed by atoms with Crippen LogP contribution in [0.15, 0.2) is 0 Å². The molecule has 4 nitrogen and oxygen atoms in total. The summed E-state index contributed by atoms with van der Waals surface area (Å²) in [6.07, 6.45) is 3.89. The van der Waals surface area contributed by atoms with Gasteiger partial charge in [-0.3, -0.25) is 4.79 Å². The van der Waals surface area contributed by atoms with Gasteiger partial charge in [0.15, 0.2) is 0 Å². The van der Waals surface area contributed by atoms with Crippen LogP contribution in [0.4, 0.5) is 0 Å². The van der Waals surface area contributed by atoms with Crippen LogP contribution < -0.4 is 10.6 Å². The fraction of sp³-hybridized carbons (Fsp3) is 0.923. The van der Waals surface area contributed by atoms with Crippen LogP contribution in [0.2, 0.25) is 0 Å². The van der Waals surface area contributed by atoms with Crippen molar-refractivity contribution >= 4 is 5.91 Å². The van der Waals surface area contributed by atoms with Crippen molar-refractivity contribution in [3.05, 3.63) is 0 Å². The van der Waals surface area contributed by atoms with Crippen molar-refractivity contribution in [3.63, 3.8) is 0 Å². The standard InChI is InChI=1S/C13H26N2O2/c1-3-4-11(6-8-16)9-15-13(17)12-5-7-14-10(12)2/h10-12,14,16H,3-9H2,1-2H3,(H,15,17). The predicted octanol–water partition coefficient (Wildman–Crippen LogP) is 0.899. The summed E-state index contributed by atoms with van der Waals surface area (Å²) in [5, 5.41) is 15.3. The average Bonchev–Trinajstić information content (AvgIpc) is 2.72. The second kappa shape index (κ2) is 7.67. The van der Waals surface area contributed by atoms with Gasteiger partial charge in [0, 0.05) is 19.2 Å². The second-order valence-electron chi connectivity index (χ2n) is 5.05. The molecule has 1 saturated heterocycles. The monoisotopic (exact) mass is 242 g/mol. The third kappa shape index (κ3) is 4.64. The zero-order valence-electron chi connectivity index (χ0n) is 11.0. The van der Waals surface area contributed by atoms with Gasteiger partial charge < -0.3 is 15.7 Å². The van der Waals surface area contributed by atoms with E-state index in [1.165, 1.54) is 0 Å². The largest absolute Gasteiger partial charge is 0.396 e. The Kier molecular flexibility index (Phi) is 6.52. The lowest BCUT2D eigenvalue weighted by Crippen LogP contribution is -2.39. The molecule has 1 rings (SSSR count). The number of aliphatic hydroxyl groups excluding tert-OH is 1. The van der Waals surface area contributed by atoms with Gasteiger partial charge in [-0.05, 0) is 38.6 Å².